The molecule has 9 heteroatoms. The molecule has 1 aliphatic carbocycles. The van der Waals surface area contributed by atoms with Crippen LogP contribution >= 0.6 is 11.8 Å². The molecule has 1 aliphatic heterocycles. The van der Waals surface area contributed by atoms with Gasteiger partial charge in [-0.1, -0.05) is 17.8 Å². The van der Waals surface area contributed by atoms with E-state index in [4.69, 9.17) is 9.47 Å². The van der Waals surface area contributed by atoms with E-state index in [-0.39, 0.29) is 24.5 Å². The zero-order valence-corrected chi connectivity index (χ0v) is 17.3. The van der Waals surface area contributed by atoms with E-state index in [0.717, 1.165) is 40.7 Å². The zero-order valence-electron chi connectivity index (χ0n) is 16.4. The monoisotopic (exact) mass is 423 g/mol. The summed E-state index contributed by atoms with van der Waals surface area (Å²) in [6.45, 7) is 2.19. The highest BCUT2D eigenvalue weighted by molar-refractivity contribution is 7.99. The molecule has 1 saturated carbocycles. The van der Waals surface area contributed by atoms with Crippen molar-refractivity contribution in [1.29, 1.82) is 0 Å². The second kappa shape index (κ2) is 7.98. The molecular formula is C21H21N5O3S. The molecule has 5 rings (SSSR count). The van der Waals surface area contributed by atoms with Crippen molar-refractivity contribution in [3.8, 4) is 22.9 Å². The van der Waals surface area contributed by atoms with Crippen LogP contribution in [0.4, 0.5) is 0 Å². The van der Waals surface area contributed by atoms with Crippen LogP contribution in [0.1, 0.15) is 37.4 Å². The van der Waals surface area contributed by atoms with E-state index in [0.29, 0.717) is 11.8 Å². The van der Waals surface area contributed by atoms with E-state index in [1.54, 1.807) is 12.4 Å². The number of fused-ring (bicyclic) bond motifs is 1. The Bertz CT molecular complexity index is 1070. The molecule has 0 bridgehead atoms. The first-order chi connectivity index (χ1) is 14.7. The Balaban J connectivity index is 1.24. The second-order valence-electron chi connectivity index (χ2n) is 7.34. The second-order valence-corrected chi connectivity index (χ2v) is 8.28. The van der Waals surface area contributed by atoms with E-state index in [1.165, 1.54) is 11.8 Å². The van der Waals surface area contributed by atoms with Crippen molar-refractivity contribution in [2.24, 2.45) is 0 Å². The summed E-state index contributed by atoms with van der Waals surface area (Å²) in [5, 5.41) is 12.5. The van der Waals surface area contributed by atoms with E-state index in [1.807, 2.05) is 37.3 Å². The number of ether oxygens (including phenoxy) is 2. The number of pyridine rings is 1. The van der Waals surface area contributed by atoms with E-state index < -0.39 is 0 Å². The molecule has 0 saturated heterocycles. The van der Waals surface area contributed by atoms with Crippen LogP contribution in [0.3, 0.4) is 0 Å². The van der Waals surface area contributed by atoms with Crippen LogP contribution in [0, 0.1) is 0 Å². The maximum atomic E-state index is 12.6. The van der Waals surface area contributed by atoms with E-state index in [2.05, 4.69) is 25.1 Å². The van der Waals surface area contributed by atoms with Crippen molar-refractivity contribution in [2.75, 3.05) is 12.5 Å². The molecule has 30 heavy (non-hydrogen) atoms. The van der Waals surface area contributed by atoms with E-state index in [9.17, 15) is 4.79 Å². The molecule has 0 unspecified atom stereocenters. The summed E-state index contributed by atoms with van der Waals surface area (Å²) in [5.74, 6) is 2.47. The SMILES string of the molecule is C[C@H](NC(=O)CSc1nnc(-c2cccnc2)n1C1CC1)c1ccc2c(c1)OCO2. The normalized spacial score (nSPS) is 15.8. The largest absolute Gasteiger partial charge is 0.454 e. The fourth-order valence-electron chi connectivity index (χ4n) is 3.41. The molecule has 154 valence electrons. The van der Waals surface area contributed by atoms with Crippen molar-refractivity contribution in [2.45, 2.75) is 37.0 Å². The van der Waals surface area contributed by atoms with Gasteiger partial charge >= 0.3 is 0 Å². The predicted octanol–water partition coefficient (Wildman–Crippen LogP) is 3.37. The number of aromatic nitrogens is 4. The zero-order chi connectivity index (χ0) is 20.5. The molecular weight excluding hydrogens is 402 g/mol. The summed E-state index contributed by atoms with van der Waals surface area (Å²) in [4.78, 5) is 16.7. The number of rotatable bonds is 7. The topological polar surface area (TPSA) is 91.2 Å². The number of nitrogens with zero attached hydrogens (tertiary/aromatic N) is 4. The Morgan fingerprint density at radius 2 is 2.13 bits per heavy atom. The third-order valence-corrected chi connectivity index (χ3v) is 6.05. The molecule has 0 radical (unpaired) electrons. The van der Waals surface area contributed by atoms with Crippen molar-refractivity contribution < 1.29 is 14.3 Å². The van der Waals surface area contributed by atoms with Gasteiger partial charge in [-0.25, -0.2) is 0 Å². The molecule has 1 aromatic carbocycles. The summed E-state index contributed by atoms with van der Waals surface area (Å²) in [7, 11) is 0. The number of hydrogen-bond acceptors (Lipinski definition) is 7. The van der Waals surface area contributed by atoms with Crippen molar-refractivity contribution >= 4 is 17.7 Å². The highest BCUT2D eigenvalue weighted by atomic mass is 32.2. The predicted molar refractivity (Wildman–Crippen MR) is 111 cm³/mol. The van der Waals surface area contributed by atoms with Gasteiger partial charge in [-0.2, -0.15) is 0 Å². The first-order valence-corrected chi connectivity index (χ1v) is 10.8. The molecule has 1 fully saturated rings. The van der Waals surface area contributed by atoms with Gasteiger partial charge in [-0.05, 0) is 49.6 Å². The summed E-state index contributed by atoms with van der Waals surface area (Å²) in [6.07, 6.45) is 5.73. The number of hydrogen-bond donors (Lipinski definition) is 1. The van der Waals surface area contributed by atoms with Crippen LogP contribution in [-0.2, 0) is 4.79 Å². The van der Waals surface area contributed by atoms with Crippen LogP contribution < -0.4 is 14.8 Å². The molecule has 2 aromatic heterocycles. The minimum atomic E-state index is -0.139. The number of amides is 1. The molecule has 1 amide bonds. The number of nitrogens with one attached hydrogen (secondary N) is 1. The third kappa shape index (κ3) is 3.85. The summed E-state index contributed by atoms with van der Waals surface area (Å²) in [5.41, 5.74) is 1.90. The minimum absolute atomic E-state index is 0.0570. The lowest BCUT2D eigenvalue weighted by Gasteiger charge is -2.15. The van der Waals surface area contributed by atoms with Crippen molar-refractivity contribution in [3.63, 3.8) is 0 Å². The summed E-state index contributed by atoms with van der Waals surface area (Å²) < 4.78 is 12.9. The van der Waals surface area contributed by atoms with Gasteiger partial charge in [0, 0.05) is 24.0 Å². The Labute approximate surface area is 178 Å². The van der Waals surface area contributed by atoms with Gasteiger partial charge in [-0.15, -0.1) is 10.2 Å². The van der Waals surface area contributed by atoms with Gasteiger partial charge in [0.2, 0.25) is 12.7 Å². The highest BCUT2D eigenvalue weighted by Crippen LogP contribution is 2.41. The molecule has 1 atom stereocenters. The average Bonchev–Trinajstić information content (AvgIpc) is 3.34. The molecule has 3 aromatic rings. The molecule has 0 spiro atoms. The standard InChI is InChI=1S/C21H21N5O3S/c1-13(14-4-7-17-18(9-14)29-12-28-17)23-19(27)11-30-21-25-24-20(26(21)16-5-6-16)15-3-2-8-22-10-15/h2-4,7-10,13,16H,5-6,11-12H2,1H3,(H,23,27)/t13-/m0/s1. The summed E-state index contributed by atoms with van der Waals surface area (Å²) in [6, 6.07) is 9.84. The Morgan fingerprint density at radius 1 is 1.27 bits per heavy atom. The molecule has 8 nitrogen and oxygen atoms in total. The lowest BCUT2D eigenvalue weighted by molar-refractivity contribution is -0.119. The first kappa shape index (κ1) is 18.9. The van der Waals surface area contributed by atoms with Gasteiger partial charge < -0.3 is 14.8 Å². The van der Waals surface area contributed by atoms with Gasteiger partial charge in [0.05, 0.1) is 11.8 Å². The summed E-state index contributed by atoms with van der Waals surface area (Å²) >= 11 is 1.41. The maximum Gasteiger partial charge on any atom is 0.231 e. The quantitative estimate of drug-likeness (QED) is 0.583. The maximum absolute atomic E-state index is 12.6. The van der Waals surface area contributed by atoms with Crippen LogP contribution in [0.5, 0.6) is 11.5 Å². The Hall–Kier alpha value is -3.07. The van der Waals surface area contributed by atoms with Crippen LogP contribution in [-0.4, -0.2) is 38.2 Å². The molecule has 2 aliphatic rings. The Morgan fingerprint density at radius 3 is 2.93 bits per heavy atom. The van der Waals surface area contributed by atoms with Gasteiger partial charge in [0.15, 0.2) is 22.5 Å². The van der Waals surface area contributed by atoms with E-state index >= 15 is 0 Å². The van der Waals surface area contributed by atoms with Gasteiger partial charge in [0.25, 0.3) is 0 Å². The lowest BCUT2D eigenvalue weighted by Crippen LogP contribution is -2.28. The average molecular weight is 423 g/mol. The number of thioether (sulfide) groups is 1. The number of carbonyl (C=O) groups excluding carboxylic acids is 1. The Kier molecular flexibility index (Phi) is 5.04. The fraction of sp³-hybridized carbons (Fsp3) is 0.333. The minimum Gasteiger partial charge on any atom is -0.454 e. The van der Waals surface area contributed by atoms with Crippen molar-refractivity contribution in [1.82, 2.24) is 25.1 Å². The van der Waals surface area contributed by atoms with Crippen LogP contribution in [0.15, 0.2) is 47.9 Å². The van der Waals surface area contributed by atoms with Gasteiger partial charge in [0.1, 0.15) is 0 Å². The van der Waals surface area contributed by atoms with Crippen molar-refractivity contribution in [3.05, 3.63) is 48.3 Å². The lowest BCUT2D eigenvalue weighted by atomic mass is 10.1. The van der Waals surface area contributed by atoms with Gasteiger partial charge in [-0.3, -0.25) is 14.3 Å². The first-order valence-electron chi connectivity index (χ1n) is 9.86. The number of carbonyl (C=O) groups is 1. The smallest absolute Gasteiger partial charge is 0.231 e. The van der Waals surface area contributed by atoms with Crippen LogP contribution in [0.2, 0.25) is 0 Å². The fourth-order valence-corrected chi connectivity index (χ4v) is 4.22. The van der Waals surface area contributed by atoms with Crippen LogP contribution in [0.25, 0.3) is 11.4 Å². The highest BCUT2D eigenvalue weighted by Gasteiger charge is 2.30. The molecule has 3 heterocycles. The third-order valence-electron chi connectivity index (χ3n) is 5.10. The molecule has 1 N–H and O–H groups in total. The number of benzene rings is 1.